The molecule has 0 radical (unpaired) electrons. The van der Waals surface area contributed by atoms with Gasteiger partial charge < -0.3 is 10.1 Å². The summed E-state index contributed by atoms with van der Waals surface area (Å²) in [4.78, 5) is 24.2. The van der Waals surface area contributed by atoms with Crippen molar-refractivity contribution in [3.8, 4) is 0 Å². The van der Waals surface area contributed by atoms with E-state index in [4.69, 9.17) is 16.3 Å². The molecule has 26 heavy (non-hydrogen) atoms. The molecule has 1 amide bonds. The molecule has 140 valence electrons. The third-order valence-electron chi connectivity index (χ3n) is 4.19. The van der Waals surface area contributed by atoms with Crippen LogP contribution in [0, 0.1) is 0 Å². The Bertz CT molecular complexity index is 816. The summed E-state index contributed by atoms with van der Waals surface area (Å²) in [6.45, 7) is 3.08. The lowest BCUT2D eigenvalue weighted by Gasteiger charge is -2.15. The Hall–Kier alpha value is -1.77. The maximum absolute atomic E-state index is 12.2. The highest BCUT2D eigenvalue weighted by Crippen LogP contribution is 2.20. The van der Waals surface area contributed by atoms with E-state index < -0.39 is 0 Å². The Labute approximate surface area is 160 Å². The topological polar surface area (TPSA) is 89.0 Å². The molecule has 0 saturated carbocycles. The van der Waals surface area contributed by atoms with E-state index in [2.05, 4.69) is 15.5 Å². The lowest BCUT2D eigenvalue weighted by Crippen LogP contribution is -2.29. The number of nitrogens with one attached hydrogen (secondary N) is 2. The molecule has 3 rings (SSSR count). The minimum atomic E-state index is -0.282. The molecular formula is C17H21ClN4O3S. The molecule has 1 aliphatic heterocycles. The number of amides is 1. The third kappa shape index (κ3) is 4.90. The largest absolute Gasteiger partial charge is 0.376 e. The van der Waals surface area contributed by atoms with Gasteiger partial charge in [-0.1, -0.05) is 35.5 Å². The van der Waals surface area contributed by atoms with Gasteiger partial charge in [-0.2, -0.15) is 0 Å². The Balaban J connectivity index is 1.55. The summed E-state index contributed by atoms with van der Waals surface area (Å²) in [7, 11) is 0. The molecule has 7 nitrogen and oxygen atoms in total. The first-order valence-electron chi connectivity index (χ1n) is 8.47. The van der Waals surface area contributed by atoms with Crippen molar-refractivity contribution in [2.45, 2.75) is 43.6 Å². The lowest BCUT2D eigenvalue weighted by atomic mass is 10.1. The number of ether oxygens (including phenoxy) is 1. The predicted octanol–water partition coefficient (Wildman–Crippen LogP) is 2.37. The van der Waals surface area contributed by atoms with Crippen molar-refractivity contribution in [1.82, 2.24) is 20.1 Å². The van der Waals surface area contributed by atoms with Crippen LogP contribution < -0.4 is 11.0 Å². The number of hydrogen-bond acceptors (Lipinski definition) is 5. The molecule has 0 unspecified atom stereocenters. The number of benzene rings is 1. The van der Waals surface area contributed by atoms with Crippen LogP contribution >= 0.6 is 23.4 Å². The first kappa shape index (κ1) is 19.0. The number of aromatic amines is 1. The Morgan fingerprint density at radius 1 is 1.58 bits per heavy atom. The monoisotopic (exact) mass is 396 g/mol. The van der Waals surface area contributed by atoms with Gasteiger partial charge in [0.05, 0.1) is 24.4 Å². The number of hydrogen-bond donors (Lipinski definition) is 2. The number of nitrogens with zero attached hydrogens (tertiary/aromatic N) is 2. The van der Waals surface area contributed by atoms with Crippen molar-refractivity contribution in [2.24, 2.45) is 0 Å². The SMILES string of the molecule is C[C@@H](NC(=O)CSc1n[nH]c(=O)n1C[C@@H]1CCCO1)c1cccc(Cl)c1. The summed E-state index contributed by atoms with van der Waals surface area (Å²) in [5.74, 6) is 0.0300. The van der Waals surface area contributed by atoms with Crippen molar-refractivity contribution in [1.29, 1.82) is 0 Å². The van der Waals surface area contributed by atoms with Gasteiger partial charge in [0.2, 0.25) is 5.91 Å². The molecule has 2 heterocycles. The van der Waals surface area contributed by atoms with E-state index in [1.54, 1.807) is 6.07 Å². The maximum atomic E-state index is 12.2. The molecule has 1 aromatic carbocycles. The predicted molar refractivity (Wildman–Crippen MR) is 101 cm³/mol. The summed E-state index contributed by atoms with van der Waals surface area (Å²) >= 11 is 7.21. The van der Waals surface area contributed by atoms with Crippen LogP contribution in [0.1, 0.15) is 31.4 Å². The molecule has 1 saturated heterocycles. The zero-order valence-electron chi connectivity index (χ0n) is 14.4. The second kappa shape index (κ2) is 8.75. The molecule has 0 spiro atoms. The van der Waals surface area contributed by atoms with Gasteiger partial charge in [-0.3, -0.25) is 9.36 Å². The standard InChI is InChI=1S/C17H21ClN4O3S/c1-11(12-4-2-5-13(18)8-12)19-15(23)10-26-17-21-20-16(24)22(17)9-14-6-3-7-25-14/h2,4-5,8,11,14H,3,6-7,9-10H2,1H3,(H,19,23)(H,20,24)/t11-,14+/m1/s1. The van der Waals surface area contributed by atoms with Gasteiger partial charge in [-0.25, -0.2) is 9.89 Å². The number of aromatic nitrogens is 3. The number of halogens is 1. The lowest BCUT2D eigenvalue weighted by molar-refractivity contribution is -0.119. The van der Waals surface area contributed by atoms with Crippen molar-refractivity contribution >= 4 is 29.3 Å². The summed E-state index contributed by atoms with van der Waals surface area (Å²) in [5, 5.41) is 10.5. The molecule has 1 fully saturated rings. The van der Waals surface area contributed by atoms with Gasteiger partial charge in [-0.05, 0) is 37.5 Å². The number of H-pyrrole nitrogens is 1. The average Bonchev–Trinajstić information content (AvgIpc) is 3.24. The van der Waals surface area contributed by atoms with Crippen molar-refractivity contribution in [3.63, 3.8) is 0 Å². The Morgan fingerprint density at radius 3 is 3.15 bits per heavy atom. The Kier molecular flexibility index (Phi) is 6.39. The molecule has 1 aliphatic rings. The molecular weight excluding hydrogens is 376 g/mol. The van der Waals surface area contributed by atoms with Crippen LogP contribution in [0.2, 0.25) is 5.02 Å². The van der Waals surface area contributed by atoms with Gasteiger partial charge in [-0.15, -0.1) is 5.10 Å². The van der Waals surface area contributed by atoms with E-state index in [1.807, 2.05) is 25.1 Å². The van der Waals surface area contributed by atoms with Crippen LogP contribution in [-0.2, 0) is 16.1 Å². The molecule has 2 aromatic rings. The van der Waals surface area contributed by atoms with Gasteiger partial charge in [0.25, 0.3) is 0 Å². The summed E-state index contributed by atoms with van der Waals surface area (Å²) in [6.07, 6.45) is 1.96. The summed E-state index contributed by atoms with van der Waals surface area (Å²) in [6, 6.07) is 7.22. The highest BCUT2D eigenvalue weighted by molar-refractivity contribution is 7.99. The maximum Gasteiger partial charge on any atom is 0.344 e. The van der Waals surface area contributed by atoms with Gasteiger partial charge in [0.15, 0.2) is 5.16 Å². The van der Waals surface area contributed by atoms with Crippen LogP contribution in [0.5, 0.6) is 0 Å². The van der Waals surface area contributed by atoms with Crippen LogP contribution in [0.15, 0.2) is 34.2 Å². The van der Waals surface area contributed by atoms with Crippen molar-refractivity contribution in [3.05, 3.63) is 45.3 Å². The van der Waals surface area contributed by atoms with E-state index >= 15 is 0 Å². The normalized spacial score (nSPS) is 18.0. The number of rotatable bonds is 7. The Morgan fingerprint density at radius 2 is 2.42 bits per heavy atom. The molecule has 0 aliphatic carbocycles. The number of thioether (sulfide) groups is 1. The molecule has 0 bridgehead atoms. The zero-order chi connectivity index (χ0) is 18.5. The van der Waals surface area contributed by atoms with Crippen LogP contribution in [0.3, 0.4) is 0 Å². The second-order valence-corrected chi connectivity index (χ2v) is 7.57. The van der Waals surface area contributed by atoms with Crippen LogP contribution in [0.25, 0.3) is 0 Å². The summed E-state index contributed by atoms with van der Waals surface area (Å²) < 4.78 is 7.11. The van der Waals surface area contributed by atoms with Gasteiger partial charge >= 0.3 is 5.69 Å². The molecule has 9 heteroatoms. The van der Waals surface area contributed by atoms with E-state index in [1.165, 1.54) is 16.3 Å². The molecule has 2 atom stereocenters. The van der Waals surface area contributed by atoms with Crippen molar-refractivity contribution < 1.29 is 9.53 Å². The van der Waals surface area contributed by atoms with Crippen LogP contribution in [-0.4, -0.2) is 39.1 Å². The minimum Gasteiger partial charge on any atom is -0.376 e. The number of carbonyl (C=O) groups is 1. The quantitative estimate of drug-likeness (QED) is 0.701. The van der Waals surface area contributed by atoms with Gasteiger partial charge in [0, 0.05) is 11.6 Å². The zero-order valence-corrected chi connectivity index (χ0v) is 16.0. The summed E-state index contributed by atoms with van der Waals surface area (Å²) in [5.41, 5.74) is 0.654. The number of carbonyl (C=O) groups excluding carboxylic acids is 1. The van der Waals surface area contributed by atoms with E-state index in [9.17, 15) is 9.59 Å². The first-order valence-corrected chi connectivity index (χ1v) is 9.83. The smallest absolute Gasteiger partial charge is 0.344 e. The van der Waals surface area contributed by atoms with Crippen molar-refractivity contribution in [2.75, 3.05) is 12.4 Å². The average molecular weight is 397 g/mol. The molecule has 1 aromatic heterocycles. The fraction of sp³-hybridized carbons (Fsp3) is 0.471. The van der Waals surface area contributed by atoms with E-state index in [0.29, 0.717) is 16.7 Å². The second-order valence-electron chi connectivity index (χ2n) is 6.19. The first-order chi connectivity index (χ1) is 12.5. The van der Waals surface area contributed by atoms with Gasteiger partial charge in [0.1, 0.15) is 0 Å². The highest BCUT2D eigenvalue weighted by atomic mass is 35.5. The minimum absolute atomic E-state index is 0.0290. The third-order valence-corrected chi connectivity index (χ3v) is 5.40. The molecule has 2 N–H and O–H groups in total. The fourth-order valence-corrected chi connectivity index (χ4v) is 3.80. The highest BCUT2D eigenvalue weighted by Gasteiger charge is 2.20. The van der Waals surface area contributed by atoms with E-state index in [0.717, 1.165) is 25.0 Å². The van der Waals surface area contributed by atoms with Crippen LogP contribution in [0.4, 0.5) is 0 Å². The fourth-order valence-electron chi connectivity index (χ4n) is 2.84. The van der Waals surface area contributed by atoms with E-state index in [-0.39, 0.29) is 29.5 Å².